The molecule has 2 N–H and O–H groups in total. The zero-order valence-electron chi connectivity index (χ0n) is 13.8. The predicted molar refractivity (Wildman–Crippen MR) is 98.6 cm³/mol. The number of benzene rings is 3. The number of anilines is 1. The van der Waals surface area contributed by atoms with Crippen molar-refractivity contribution >= 4 is 11.6 Å². The van der Waals surface area contributed by atoms with E-state index in [4.69, 9.17) is 4.84 Å². The van der Waals surface area contributed by atoms with E-state index < -0.39 is 6.04 Å². The van der Waals surface area contributed by atoms with Crippen molar-refractivity contribution in [3.63, 3.8) is 0 Å². The molecule has 3 aromatic carbocycles. The van der Waals surface area contributed by atoms with E-state index in [0.29, 0.717) is 6.61 Å². The van der Waals surface area contributed by atoms with E-state index in [1.165, 1.54) is 0 Å². The fourth-order valence-electron chi connectivity index (χ4n) is 2.47. The summed E-state index contributed by atoms with van der Waals surface area (Å²) < 4.78 is 0. The average molecular weight is 332 g/mol. The van der Waals surface area contributed by atoms with Gasteiger partial charge in [0.15, 0.2) is 0 Å². The Morgan fingerprint density at radius 3 is 2.00 bits per heavy atom. The van der Waals surface area contributed by atoms with Crippen LogP contribution < -0.4 is 10.8 Å². The Kier molecular flexibility index (Phi) is 5.80. The highest BCUT2D eigenvalue weighted by Crippen LogP contribution is 2.19. The normalized spacial score (nSPS) is 11.5. The standard InChI is InChI=1S/C21H20N2O2/c24-21(23-25-16-17-10-4-1-5-11-17)20(18-12-6-2-7-13-18)22-19-14-8-3-9-15-19/h1-15,20,22H,16H2,(H,23,24). The molecule has 0 saturated carbocycles. The van der Waals surface area contributed by atoms with Crippen LogP contribution in [-0.4, -0.2) is 5.91 Å². The first-order chi connectivity index (χ1) is 12.3. The summed E-state index contributed by atoms with van der Waals surface area (Å²) in [5.41, 5.74) is 5.28. The third-order valence-electron chi connectivity index (χ3n) is 3.73. The van der Waals surface area contributed by atoms with Crippen LogP contribution in [0.2, 0.25) is 0 Å². The van der Waals surface area contributed by atoms with Gasteiger partial charge in [-0.2, -0.15) is 0 Å². The van der Waals surface area contributed by atoms with Crippen molar-refractivity contribution in [3.8, 4) is 0 Å². The number of amides is 1. The van der Waals surface area contributed by atoms with Gasteiger partial charge in [-0.15, -0.1) is 0 Å². The second kappa shape index (κ2) is 8.66. The highest BCUT2D eigenvalue weighted by atomic mass is 16.6. The first kappa shape index (κ1) is 16.7. The van der Waals surface area contributed by atoms with Gasteiger partial charge < -0.3 is 5.32 Å². The van der Waals surface area contributed by atoms with E-state index in [1.54, 1.807) is 0 Å². The molecular weight excluding hydrogens is 312 g/mol. The van der Waals surface area contributed by atoms with Crippen LogP contribution in [0, 0.1) is 0 Å². The van der Waals surface area contributed by atoms with Gasteiger partial charge in [-0.3, -0.25) is 9.63 Å². The van der Waals surface area contributed by atoms with E-state index in [9.17, 15) is 4.79 Å². The number of para-hydroxylation sites is 1. The molecule has 25 heavy (non-hydrogen) atoms. The van der Waals surface area contributed by atoms with E-state index in [2.05, 4.69) is 10.8 Å². The number of rotatable bonds is 7. The SMILES string of the molecule is O=C(NOCc1ccccc1)C(Nc1ccccc1)c1ccccc1. The maximum absolute atomic E-state index is 12.6. The second-order valence-electron chi connectivity index (χ2n) is 5.59. The lowest BCUT2D eigenvalue weighted by Crippen LogP contribution is -2.33. The van der Waals surface area contributed by atoms with Crippen LogP contribution in [0.3, 0.4) is 0 Å². The summed E-state index contributed by atoms with van der Waals surface area (Å²) in [5.74, 6) is -0.244. The summed E-state index contributed by atoms with van der Waals surface area (Å²) in [4.78, 5) is 18.0. The van der Waals surface area contributed by atoms with Gasteiger partial charge in [-0.25, -0.2) is 5.48 Å². The summed E-state index contributed by atoms with van der Waals surface area (Å²) in [7, 11) is 0. The lowest BCUT2D eigenvalue weighted by molar-refractivity contribution is -0.135. The molecule has 1 amide bonds. The van der Waals surface area contributed by atoms with Crippen molar-refractivity contribution in [1.29, 1.82) is 0 Å². The molecule has 0 radical (unpaired) electrons. The van der Waals surface area contributed by atoms with E-state index >= 15 is 0 Å². The Labute approximate surface area is 147 Å². The van der Waals surface area contributed by atoms with Gasteiger partial charge in [0.2, 0.25) is 0 Å². The minimum Gasteiger partial charge on any atom is -0.370 e. The molecule has 0 aromatic heterocycles. The summed E-state index contributed by atoms with van der Waals surface area (Å²) in [5, 5.41) is 3.25. The van der Waals surface area contributed by atoms with Crippen LogP contribution in [0.25, 0.3) is 0 Å². The molecule has 0 aliphatic rings. The zero-order valence-corrected chi connectivity index (χ0v) is 13.8. The lowest BCUT2D eigenvalue weighted by Gasteiger charge is -2.19. The molecule has 0 aliphatic heterocycles. The van der Waals surface area contributed by atoms with E-state index in [0.717, 1.165) is 16.8 Å². The summed E-state index contributed by atoms with van der Waals surface area (Å²) in [6, 6.07) is 28.4. The lowest BCUT2D eigenvalue weighted by atomic mass is 10.1. The van der Waals surface area contributed by atoms with Crippen LogP contribution in [0.15, 0.2) is 91.0 Å². The molecule has 126 valence electrons. The molecule has 0 spiro atoms. The molecule has 0 bridgehead atoms. The van der Waals surface area contributed by atoms with Crippen LogP contribution in [-0.2, 0) is 16.2 Å². The van der Waals surface area contributed by atoms with Crippen molar-refractivity contribution in [2.24, 2.45) is 0 Å². The predicted octanol–water partition coefficient (Wildman–Crippen LogP) is 4.09. The zero-order chi connectivity index (χ0) is 17.3. The number of nitrogens with one attached hydrogen (secondary N) is 2. The van der Waals surface area contributed by atoms with Gasteiger partial charge >= 0.3 is 0 Å². The summed E-state index contributed by atoms with van der Waals surface area (Å²) >= 11 is 0. The number of carbonyl (C=O) groups is 1. The Hall–Kier alpha value is -3.11. The quantitative estimate of drug-likeness (QED) is 0.641. The van der Waals surface area contributed by atoms with Crippen LogP contribution in [0.1, 0.15) is 17.2 Å². The highest BCUT2D eigenvalue weighted by molar-refractivity contribution is 5.85. The number of carbonyl (C=O) groups excluding carboxylic acids is 1. The van der Waals surface area contributed by atoms with Gasteiger partial charge in [0, 0.05) is 5.69 Å². The topological polar surface area (TPSA) is 50.4 Å². The van der Waals surface area contributed by atoms with Crippen LogP contribution in [0.5, 0.6) is 0 Å². The fourth-order valence-corrected chi connectivity index (χ4v) is 2.47. The van der Waals surface area contributed by atoms with Crippen molar-refractivity contribution in [2.45, 2.75) is 12.6 Å². The third-order valence-corrected chi connectivity index (χ3v) is 3.73. The molecule has 0 saturated heterocycles. The molecule has 4 nitrogen and oxygen atoms in total. The number of hydrogen-bond donors (Lipinski definition) is 2. The Balaban J connectivity index is 1.67. The average Bonchev–Trinajstić information content (AvgIpc) is 2.68. The van der Waals surface area contributed by atoms with Gasteiger partial charge in [0.05, 0.1) is 6.61 Å². The molecule has 1 atom stereocenters. The molecule has 4 heteroatoms. The Morgan fingerprint density at radius 2 is 1.36 bits per heavy atom. The maximum atomic E-state index is 12.6. The molecule has 0 heterocycles. The van der Waals surface area contributed by atoms with Gasteiger partial charge in [-0.05, 0) is 23.3 Å². The Morgan fingerprint density at radius 1 is 0.800 bits per heavy atom. The monoisotopic (exact) mass is 332 g/mol. The van der Waals surface area contributed by atoms with Crippen molar-refractivity contribution in [3.05, 3.63) is 102 Å². The van der Waals surface area contributed by atoms with Crippen molar-refractivity contribution < 1.29 is 9.63 Å². The summed E-state index contributed by atoms with van der Waals surface area (Å²) in [6.45, 7) is 0.319. The van der Waals surface area contributed by atoms with E-state index in [1.807, 2.05) is 91.0 Å². The number of hydroxylamine groups is 1. The minimum absolute atomic E-state index is 0.244. The molecule has 0 aliphatic carbocycles. The molecule has 3 rings (SSSR count). The maximum Gasteiger partial charge on any atom is 0.270 e. The largest absolute Gasteiger partial charge is 0.370 e. The smallest absolute Gasteiger partial charge is 0.270 e. The fraction of sp³-hybridized carbons (Fsp3) is 0.0952. The van der Waals surface area contributed by atoms with Crippen LogP contribution in [0.4, 0.5) is 5.69 Å². The van der Waals surface area contributed by atoms with Crippen molar-refractivity contribution in [2.75, 3.05) is 5.32 Å². The van der Waals surface area contributed by atoms with Gasteiger partial charge in [-0.1, -0.05) is 78.9 Å². The first-order valence-electron chi connectivity index (χ1n) is 8.15. The molecular formula is C21H20N2O2. The first-order valence-corrected chi connectivity index (χ1v) is 8.15. The van der Waals surface area contributed by atoms with Crippen LogP contribution >= 0.6 is 0 Å². The van der Waals surface area contributed by atoms with E-state index in [-0.39, 0.29) is 5.91 Å². The number of hydrogen-bond acceptors (Lipinski definition) is 3. The van der Waals surface area contributed by atoms with Crippen molar-refractivity contribution in [1.82, 2.24) is 5.48 Å². The third kappa shape index (κ3) is 4.93. The molecule has 3 aromatic rings. The van der Waals surface area contributed by atoms with Gasteiger partial charge in [0.1, 0.15) is 6.04 Å². The second-order valence-corrected chi connectivity index (χ2v) is 5.59. The molecule has 0 fully saturated rings. The summed E-state index contributed by atoms with van der Waals surface area (Å²) in [6.07, 6.45) is 0. The minimum atomic E-state index is -0.542. The Bertz CT molecular complexity index is 777. The molecule has 1 unspecified atom stereocenters. The highest BCUT2D eigenvalue weighted by Gasteiger charge is 2.20. The van der Waals surface area contributed by atoms with Gasteiger partial charge in [0.25, 0.3) is 5.91 Å².